The van der Waals surface area contributed by atoms with E-state index in [4.69, 9.17) is 0 Å². The molecule has 1 amide bonds. The maximum absolute atomic E-state index is 11.9. The summed E-state index contributed by atoms with van der Waals surface area (Å²) in [5, 5.41) is 0. The molecule has 1 heterocycles. The number of benzene rings is 1. The number of fused-ring (bicyclic) bond motifs is 1. The topological polar surface area (TPSA) is 20.3 Å². The fourth-order valence-electron chi connectivity index (χ4n) is 2.58. The highest BCUT2D eigenvalue weighted by atomic mass is 79.9. The van der Waals surface area contributed by atoms with Crippen LogP contribution in [0.2, 0.25) is 0 Å². The number of hydrogen-bond donors (Lipinski definition) is 0. The molecule has 0 aliphatic carbocycles. The highest BCUT2D eigenvalue weighted by Gasteiger charge is 2.33. The van der Waals surface area contributed by atoms with E-state index in [1.807, 2.05) is 17.0 Å². The lowest BCUT2D eigenvalue weighted by Crippen LogP contribution is -2.47. The first kappa shape index (κ1) is 12.4. The van der Waals surface area contributed by atoms with Gasteiger partial charge in [-0.25, -0.2) is 0 Å². The Kier molecular flexibility index (Phi) is 2.90. The molecule has 1 aliphatic rings. The Bertz CT molecular complexity index is 517. The summed E-state index contributed by atoms with van der Waals surface area (Å²) in [6.45, 7) is 7.82. The van der Waals surface area contributed by atoms with Crippen LogP contribution < -0.4 is 4.90 Å². The normalized spacial score (nSPS) is 17.5. The number of nitrogens with zero attached hydrogens (tertiary/aromatic N) is 1. The molecular formula is C14H16BrNO. The van der Waals surface area contributed by atoms with Crippen molar-refractivity contribution in [1.29, 1.82) is 0 Å². The van der Waals surface area contributed by atoms with Crippen molar-refractivity contribution in [3.05, 3.63) is 34.3 Å². The molecule has 0 N–H and O–H groups in total. The van der Waals surface area contributed by atoms with Crippen LogP contribution in [0.25, 0.3) is 5.57 Å². The van der Waals surface area contributed by atoms with Crippen molar-refractivity contribution < 1.29 is 4.79 Å². The molecular weight excluding hydrogens is 278 g/mol. The molecule has 1 aliphatic heterocycles. The van der Waals surface area contributed by atoms with Gasteiger partial charge in [-0.2, -0.15) is 0 Å². The fraction of sp³-hybridized carbons (Fsp3) is 0.357. The summed E-state index contributed by atoms with van der Waals surface area (Å²) in [5.41, 5.74) is 3.06. The van der Waals surface area contributed by atoms with Crippen LogP contribution in [0, 0.1) is 0 Å². The first-order chi connectivity index (χ1) is 7.83. The van der Waals surface area contributed by atoms with E-state index >= 15 is 0 Å². The second kappa shape index (κ2) is 3.98. The Balaban J connectivity index is 2.69. The molecule has 1 aromatic rings. The number of hydrogen-bond acceptors (Lipinski definition) is 1. The zero-order chi connectivity index (χ0) is 12.8. The zero-order valence-electron chi connectivity index (χ0n) is 10.5. The summed E-state index contributed by atoms with van der Waals surface area (Å²) in [7, 11) is 0. The molecule has 2 rings (SSSR count). The van der Waals surface area contributed by atoms with Gasteiger partial charge in [-0.05, 0) is 44.5 Å². The first-order valence-corrected chi connectivity index (χ1v) is 6.42. The minimum absolute atomic E-state index is 0.0716. The largest absolute Gasteiger partial charge is 0.303 e. The molecule has 0 bridgehead atoms. The van der Waals surface area contributed by atoms with Crippen LogP contribution >= 0.6 is 15.9 Å². The second-order valence-electron chi connectivity index (χ2n) is 5.00. The van der Waals surface area contributed by atoms with Crippen molar-refractivity contribution in [2.75, 3.05) is 4.90 Å². The average molecular weight is 294 g/mol. The van der Waals surface area contributed by atoms with E-state index in [0.717, 1.165) is 15.7 Å². The molecule has 1 aromatic carbocycles. The molecule has 0 aromatic heterocycles. The third kappa shape index (κ3) is 2.04. The molecule has 0 saturated carbocycles. The average Bonchev–Trinajstić information content (AvgIpc) is 2.17. The smallest absolute Gasteiger partial charge is 0.224 e. The third-order valence-corrected chi connectivity index (χ3v) is 3.58. The second-order valence-corrected chi connectivity index (χ2v) is 5.91. The van der Waals surface area contributed by atoms with Crippen molar-refractivity contribution in [3.8, 4) is 0 Å². The number of amides is 1. The maximum atomic E-state index is 11.9. The summed E-state index contributed by atoms with van der Waals surface area (Å²) in [5.74, 6) is 0.0716. The fourth-order valence-corrected chi connectivity index (χ4v) is 2.94. The van der Waals surface area contributed by atoms with E-state index < -0.39 is 0 Å². The van der Waals surface area contributed by atoms with E-state index in [2.05, 4.69) is 48.8 Å². The lowest BCUT2D eigenvalue weighted by Gasteiger charge is -2.41. The zero-order valence-corrected chi connectivity index (χ0v) is 12.1. The van der Waals surface area contributed by atoms with Gasteiger partial charge in [-0.3, -0.25) is 4.79 Å². The first-order valence-electron chi connectivity index (χ1n) is 5.63. The summed E-state index contributed by atoms with van der Waals surface area (Å²) in [6, 6.07) is 6.04. The molecule has 17 heavy (non-hydrogen) atoms. The lowest BCUT2D eigenvalue weighted by atomic mass is 9.89. The number of halogens is 1. The third-order valence-electron chi connectivity index (χ3n) is 3.09. The van der Waals surface area contributed by atoms with Gasteiger partial charge >= 0.3 is 0 Å². The SMILES string of the molecule is CC(=O)N1c2ccc(Br)cc2C(C)=CC1(C)C. The van der Waals surface area contributed by atoms with Gasteiger partial charge in [-0.1, -0.05) is 22.0 Å². The number of rotatable bonds is 0. The van der Waals surface area contributed by atoms with Crippen LogP contribution in [-0.4, -0.2) is 11.4 Å². The number of carbonyl (C=O) groups excluding carboxylic acids is 1. The molecule has 3 heteroatoms. The Morgan fingerprint density at radius 2 is 2.00 bits per heavy atom. The van der Waals surface area contributed by atoms with Gasteiger partial charge < -0.3 is 4.90 Å². The van der Waals surface area contributed by atoms with Crippen molar-refractivity contribution in [2.24, 2.45) is 0 Å². The van der Waals surface area contributed by atoms with E-state index in [9.17, 15) is 4.79 Å². The van der Waals surface area contributed by atoms with E-state index in [1.165, 1.54) is 5.57 Å². The van der Waals surface area contributed by atoms with Gasteiger partial charge in [0.2, 0.25) is 5.91 Å². The van der Waals surface area contributed by atoms with Crippen LogP contribution in [0.4, 0.5) is 5.69 Å². The molecule has 0 fully saturated rings. The van der Waals surface area contributed by atoms with E-state index in [0.29, 0.717) is 0 Å². The molecule has 0 radical (unpaired) electrons. The van der Waals surface area contributed by atoms with Crippen LogP contribution in [-0.2, 0) is 4.79 Å². The van der Waals surface area contributed by atoms with Crippen LogP contribution in [0.3, 0.4) is 0 Å². The highest BCUT2D eigenvalue weighted by Crippen LogP contribution is 2.39. The molecule has 0 spiro atoms. The molecule has 2 nitrogen and oxygen atoms in total. The van der Waals surface area contributed by atoms with Crippen molar-refractivity contribution in [3.63, 3.8) is 0 Å². The van der Waals surface area contributed by atoms with Crippen LogP contribution in [0.1, 0.15) is 33.3 Å². The predicted octanol–water partition coefficient (Wildman–Crippen LogP) is 4.00. The minimum atomic E-state index is -0.267. The summed E-state index contributed by atoms with van der Waals surface area (Å²) in [4.78, 5) is 13.7. The van der Waals surface area contributed by atoms with E-state index in [-0.39, 0.29) is 11.4 Å². The quantitative estimate of drug-likeness (QED) is 0.708. The number of carbonyl (C=O) groups is 1. The minimum Gasteiger partial charge on any atom is -0.303 e. The van der Waals surface area contributed by atoms with Crippen molar-refractivity contribution in [1.82, 2.24) is 0 Å². The van der Waals surface area contributed by atoms with Crippen LogP contribution in [0.15, 0.2) is 28.7 Å². The lowest BCUT2D eigenvalue weighted by molar-refractivity contribution is -0.117. The highest BCUT2D eigenvalue weighted by molar-refractivity contribution is 9.10. The van der Waals surface area contributed by atoms with Crippen LogP contribution in [0.5, 0.6) is 0 Å². The van der Waals surface area contributed by atoms with Gasteiger partial charge in [0.15, 0.2) is 0 Å². The molecule has 90 valence electrons. The standard InChI is InChI=1S/C14H16BrNO/c1-9-8-14(3,4)16(10(2)17)13-6-5-11(15)7-12(9)13/h5-8H,1-4H3. The van der Waals surface area contributed by atoms with E-state index in [1.54, 1.807) is 6.92 Å². The summed E-state index contributed by atoms with van der Waals surface area (Å²) < 4.78 is 1.03. The van der Waals surface area contributed by atoms with Crippen molar-refractivity contribution >= 4 is 33.1 Å². The van der Waals surface area contributed by atoms with Gasteiger partial charge in [-0.15, -0.1) is 0 Å². The molecule has 0 saturated heterocycles. The van der Waals surface area contributed by atoms with Gasteiger partial charge in [0, 0.05) is 17.0 Å². The van der Waals surface area contributed by atoms with Gasteiger partial charge in [0.05, 0.1) is 11.2 Å². The molecule has 0 atom stereocenters. The maximum Gasteiger partial charge on any atom is 0.224 e. The Hall–Kier alpha value is -1.09. The Morgan fingerprint density at radius 1 is 1.35 bits per heavy atom. The monoisotopic (exact) mass is 293 g/mol. The molecule has 0 unspecified atom stereocenters. The number of anilines is 1. The van der Waals surface area contributed by atoms with Crippen molar-refractivity contribution in [2.45, 2.75) is 33.2 Å². The Morgan fingerprint density at radius 3 is 2.59 bits per heavy atom. The summed E-state index contributed by atoms with van der Waals surface area (Å²) >= 11 is 3.47. The Labute approximate surface area is 110 Å². The van der Waals surface area contributed by atoms with Gasteiger partial charge in [0.1, 0.15) is 0 Å². The van der Waals surface area contributed by atoms with Gasteiger partial charge in [0.25, 0.3) is 0 Å². The predicted molar refractivity (Wildman–Crippen MR) is 75.0 cm³/mol. The number of allylic oxidation sites excluding steroid dienone is 1. The summed E-state index contributed by atoms with van der Waals surface area (Å²) in [6.07, 6.45) is 2.14.